The zero-order chi connectivity index (χ0) is 19.2. The van der Waals surface area contributed by atoms with Crippen molar-refractivity contribution >= 4 is 5.96 Å². The molecule has 2 unspecified atom stereocenters. The topological polar surface area (TPSA) is 48.9 Å². The van der Waals surface area contributed by atoms with Crippen LogP contribution in [0.1, 0.15) is 51.1 Å². The Morgan fingerprint density at radius 2 is 2.19 bits per heavy atom. The van der Waals surface area contributed by atoms with Gasteiger partial charge in [-0.3, -0.25) is 9.89 Å². The molecule has 1 heterocycles. The SMILES string of the molecule is CCN1CCCC1CNC(=NC)NC(C)c1ccc(OCC2CC2)c(F)c1. The van der Waals surface area contributed by atoms with Gasteiger partial charge in [-0.15, -0.1) is 0 Å². The van der Waals surface area contributed by atoms with E-state index < -0.39 is 0 Å². The van der Waals surface area contributed by atoms with Crippen LogP contribution in [0.4, 0.5) is 4.39 Å². The van der Waals surface area contributed by atoms with Crippen LogP contribution in [0, 0.1) is 11.7 Å². The summed E-state index contributed by atoms with van der Waals surface area (Å²) in [6.07, 6.45) is 4.88. The van der Waals surface area contributed by atoms with Crippen molar-refractivity contribution in [1.29, 1.82) is 0 Å². The van der Waals surface area contributed by atoms with E-state index in [0.717, 1.165) is 24.6 Å². The number of guanidine groups is 1. The highest BCUT2D eigenvalue weighted by Crippen LogP contribution is 2.30. The zero-order valence-corrected chi connectivity index (χ0v) is 16.8. The van der Waals surface area contributed by atoms with Crippen molar-refractivity contribution in [1.82, 2.24) is 15.5 Å². The Bertz CT molecular complexity index is 647. The minimum atomic E-state index is -0.297. The fourth-order valence-electron chi connectivity index (χ4n) is 3.64. The summed E-state index contributed by atoms with van der Waals surface area (Å²) < 4.78 is 19.9. The molecule has 27 heavy (non-hydrogen) atoms. The number of rotatable bonds is 8. The fourth-order valence-corrected chi connectivity index (χ4v) is 3.64. The van der Waals surface area contributed by atoms with Crippen molar-refractivity contribution in [2.24, 2.45) is 10.9 Å². The molecule has 3 rings (SSSR count). The third-order valence-electron chi connectivity index (χ3n) is 5.61. The van der Waals surface area contributed by atoms with Crippen LogP contribution in [-0.2, 0) is 0 Å². The summed E-state index contributed by atoms with van der Waals surface area (Å²) in [7, 11) is 1.77. The van der Waals surface area contributed by atoms with E-state index in [9.17, 15) is 4.39 Å². The number of hydrogen-bond acceptors (Lipinski definition) is 3. The first kappa shape index (κ1) is 19.9. The molecule has 1 aromatic carbocycles. The highest BCUT2D eigenvalue weighted by atomic mass is 19.1. The van der Waals surface area contributed by atoms with E-state index in [0.29, 0.717) is 24.3 Å². The molecule has 1 saturated carbocycles. The second kappa shape index (κ2) is 9.40. The maximum absolute atomic E-state index is 14.3. The van der Waals surface area contributed by atoms with Crippen molar-refractivity contribution in [3.8, 4) is 5.75 Å². The monoisotopic (exact) mass is 376 g/mol. The molecule has 5 nitrogen and oxygen atoms in total. The Hall–Kier alpha value is -1.82. The van der Waals surface area contributed by atoms with Crippen LogP contribution in [-0.4, -0.2) is 50.2 Å². The quantitative estimate of drug-likeness (QED) is 0.540. The van der Waals surface area contributed by atoms with E-state index in [4.69, 9.17) is 4.74 Å². The van der Waals surface area contributed by atoms with Crippen molar-refractivity contribution < 1.29 is 9.13 Å². The molecule has 1 aliphatic heterocycles. The van der Waals surface area contributed by atoms with Gasteiger partial charge >= 0.3 is 0 Å². The van der Waals surface area contributed by atoms with E-state index in [1.807, 2.05) is 13.0 Å². The Labute approximate surface area is 162 Å². The van der Waals surface area contributed by atoms with Crippen molar-refractivity contribution in [2.75, 3.05) is 33.3 Å². The number of hydrogen-bond donors (Lipinski definition) is 2. The standard InChI is InChI=1S/C21H33FN4O/c1-4-26-11-5-6-18(26)13-24-21(23-3)25-15(2)17-9-10-20(19(22)12-17)27-14-16-7-8-16/h9-10,12,15-16,18H,4-8,11,13-14H2,1-3H3,(H2,23,24,25). The molecular weight excluding hydrogens is 343 g/mol. The summed E-state index contributed by atoms with van der Waals surface area (Å²) in [5, 5.41) is 6.78. The van der Waals surface area contributed by atoms with E-state index in [-0.39, 0.29) is 11.9 Å². The zero-order valence-electron chi connectivity index (χ0n) is 16.8. The molecule has 0 amide bonds. The highest BCUT2D eigenvalue weighted by molar-refractivity contribution is 5.80. The van der Waals surface area contributed by atoms with Crippen LogP contribution in [0.25, 0.3) is 0 Å². The Morgan fingerprint density at radius 1 is 1.37 bits per heavy atom. The highest BCUT2D eigenvalue weighted by Gasteiger charge is 2.24. The number of ether oxygens (including phenoxy) is 1. The number of nitrogens with one attached hydrogen (secondary N) is 2. The molecule has 2 fully saturated rings. The molecule has 2 aliphatic rings. The predicted octanol–water partition coefficient (Wildman–Crippen LogP) is 3.32. The number of nitrogens with zero attached hydrogens (tertiary/aromatic N) is 2. The van der Waals surface area contributed by atoms with E-state index in [1.165, 1.54) is 32.2 Å². The molecule has 0 radical (unpaired) electrons. The van der Waals surface area contributed by atoms with E-state index in [2.05, 4.69) is 27.4 Å². The van der Waals surface area contributed by atoms with Crippen LogP contribution in [0.15, 0.2) is 23.2 Å². The minimum absolute atomic E-state index is 0.0472. The van der Waals surface area contributed by atoms with Gasteiger partial charge in [-0.1, -0.05) is 13.0 Å². The average molecular weight is 377 g/mol. The minimum Gasteiger partial charge on any atom is -0.490 e. The maximum Gasteiger partial charge on any atom is 0.191 e. The number of halogens is 1. The van der Waals surface area contributed by atoms with Crippen LogP contribution in [0.2, 0.25) is 0 Å². The third-order valence-corrected chi connectivity index (χ3v) is 5.61. The summed E-state index contributed by atoms with van der Waals surface area (Å²) >= 11 is 0. The Morgan fingerprint density at radius 3 is 2.85 bits per heavy atom. The average Bonchev–Trinajstić information content (AvgIpc) is 3.39. The molecule has 1 aliphatic carbocycles. The van der Waals surface area contributed by atoms with Gasteiger partial charge < -0.3 is 15.4 Å². The van der Waals surface area contributed by atoms with Gasteiger partial charge in [0.2, 0.25) is 0 Å². The van der Waals surface area contributed by atoms with Crippen molar-refractivity contribution in [3.63, 3.8) is 0 Å². The number of aliphatic imine (C=N–C) groups is 1. The van der Waals surface area contributed by atoms with Crippen molar-refractivity contribution in [2.45, 2.75) is 51.6 Å². The normalized spacial score (nSPS) is 21.9. The van der Waals surface area contributed by atoms with Gasteiger partial charge in [-0.25, -0.2) is 4.39 Å². The largest absolute Gasteiger partial charge is 0.490 e. The molecular formula is C21H33FN4O. The predicted molar refractivity (Wildman–Crippen MR) is 108 cm³/mol. The van der Waals surface area contributed by atoms with Gasteiger partial charge in [0.25, 0.3) is 0 Å². The molecule has 1 aromatic rings. The first-order chi connectivity index (χ1) is 13.1. The summed E-state index contributed by atoms with van der Waals surface area (Å²) in [5.74, 6) is 1.41. The molecule has 0 spiro atoms. The van der Waals surface area contributed by atoms with E-state index in [1.54, 1.807) is 19.2 Å². The lowest BCUT2D eigenvalue weighted by atomic mass is 10.1. The lowest BCUT2D eigenvalue weighted by Gasteiger charge is -2.25. The molecule has 6 heteroatoms. The lowest BCUT2D eigenvalue weighted by molar-refractivity contribution is 0.267. The van der Waals surface area contributed by atoms with E-state index >= 15 is 0 Å². The lowest BCUT2D eigenvalue weighted by Crippen LogP contribution is -2.45. The second-order valence-electron chi connectivity index (χ2n) is 7.69. The van der Waals surface area contributed by atoms with Crippen LogP contribution in [0.5, 0.6) is 5.75 Å². The molecule has 0 aromatic heterocycles. The number of likely N-dealkylation sites (tertiary alicyclic amines) is 1. The number of benzene rings is 1. The number of likely N-dealkylation sites (N-methyl/N-ethyl adjacent to an activating group) is 1. The Kier molecular flexibility index (Phi) is 6.94. The molecule has 1 saturated heterocycles. The van der Waals surface area contributed by atoms with Gasteiger partial charge in [-0.05, 0) is 69.3 Å². The summed E-state index contributed by atoms with van der Waals surface area (Å²) in [6, 6.07) is 5.73. The van der Waals surface area contributed by atoms with Gasteiger partial charge in [0.1, 0.15) is 0 Å². The van der Waals surface area contributed by atoms with Crippen LogP contribution >= 0.6 is 0 Å². The smallest absolute Gasteiger partial charge is 0.191 e. The van der Waals surface area contributed by atoms with Crippen LogP contribution < -0.4 is 15.4 Å². The molecule has 2 N–H and O–H groups in total. The summed E-state index contributed by atoms with van der Waals surface area (Å²) in [5.41, 5.74) is 0.880. The van der Waals surface area contributed by atoms with Crippen molar-refractivity contribution in [3.05, 3.63) is 29.6 Å². The Balaban J connectivity index is 1.51. The molecule has 2 atom stereocenters. The summed E-state index contributed by atoms with van der Waals surface area (Å²) in [4.78, 5) is 6.82. The first-order valence-electron chi connectivity index (χ1n) is 10.2. The molecule has 150 valence electrons. The second-order valence-corrected chi connectivity index (χ2v) is 7.69. The van der Waals surface area contributed by atoms with Gasteiger partial charge in [0.15, 0.2) is 17.5 Å². The van der Waals surface area contributed by atoms with Gasteiger partial charge in [-0.2, -0.15) is 0 Å². The first-order valence-corrected chi connectivity index (χ1v) is 10.2. The maximum atomic E-state index is 14.3. The summed E-state index contributed by atoms with van der Waals surface area (Å²) in [6.45, 7) is 7.99. The molecule has 0 bridgehead atoms. The fraction of sp³-hybridized carbons (Fsp3) is 0.667. The van der Waals surface area contributed by atoms with Crippen LogP contribution in [0.3, 0.4) is 0 Å². The third kappa shape index (κ3) is 5.58. The van der Waals surface area contributed by atoms with Gasteiger partial charge in [0.05, 0.1) is 12.6 Å². The van der Waals surface area contributed by atoms with Gasteiger partial charge in [0, 0.05) is 19.6 Å².